The van der Waals surface area contributed by atoms with E-state index in [1.807, 2.05) is 0 Å². The lowest BCUT2D eigenvalue weighted by molar-refractivity contribution is -0.384. The highest BCUT2D eigenvalue weighted by Gasteiger charge is 2.30. The molecule has 3 aromatic rings. The van der Waals surface area contributed by atoms with Crippen LogP contribution in [0.3, 0.4) is 0 Å². The van der Waals surface area contributed by atoms with Gasteiger partial charge in [0.15, 0.2) is 5.75 Å². The largest absolute Gasteiger partial charge is 0.494 e. The molecule has 0 N–H and O–H groups in total. The predicted molar refractivity (Wildman–Crippen MR) is 203 cm³/mol. The maximum absolute atomic E-state index is 11.0. The summed E-state index contributed by atoms with van der Waals surface area (Å²) in [5, 5.41) is 38.0. The monoisotopic (exact) mass is 746 g/mol. The molecule has 0 bridgehead atoms. The summed E-state index contributed by atoms with van der Waals surface area (Å²) in [7, 11) is 1.65. The van der Waals surface area contributed by atoms with E-state index >= 15 is 0 Å². The lowest BCUT2D eigenvalue weighted by atomic mass is 9.90. The third kappa shape index (κ3) is 9.83. The van der Waals surface area contributed by atoms with Crippen LogP contribution < -0.4 is 19.1 Å². The molecule has 0 aromatic heterocycles. The molecule has 53 heavy (non-hydrogen) atoms. The Morgan fingerprint density at radius 2 is 1.47 bits per heavy atom. The van der Waals surface area contributed by atoms with E-state index in [-0.39, 0.29) is 37.4 Å². The molecule has 0 radical (unpaired) electrons. The Bertz CT molecular complexity index is 1820. The third-order valence-corrected chi connectivity index (χ3v) is 10.8. The fourth-order valence-electron chi connectivity index (χ4n) is 6.50. The van der Waals surface area contributed by atoms with Gasteiger partial charge in [-0.25, -0.2) is 4.67 Å². The summed E-state index contributed by atoms with van der Waals surface area (Å²) in [4.78, 5) is 13.0. The number of azo groups is 2. The van der Waals surface area contributed by atoms with Crippen LogP contribution in [0.4, 0.5) is 34.1 Å². The minimum absolute atomic E-state index is 0.0350. The van der Waals surface area contributed by atoms with Crippen LogP contribution in [-0.2, 0) is 21.9 Å². The first kappa shape index (κ1) is 39.5. The highest BCUT2D eigenvalue weighted by Crippen LogP contribution is 2.48. The van der Waals surface area contributed by atoms with Gasteiger partial charge in [-0.3, -0.25) is 10.1 Å². The Balaban J connectivity index is 1.42. The van der Waals surface area contributed by atoms with Crippen molar-refractivity contribution in [2.24, 2.45) is 20.5 Å². The van der Waals surface area contributed by atoms with Gasteiger partial charge in [-0.1, -0.05) is 0 Å². The summed E-state index contributed by atoms with van der Waals surface area (Å²) in [6.45, 7) is 11.3. The number of aryl methyl sites for hydroxylation is 1. The predicted octanol–water partition coefficient (Wildman–Crippen LogP) is 9.81. The van der Waals surface area contributed by atoms with Gasteiger partial charge in [-0.05, 0) is 77.1 Å². The quantitative estimate of drug-likeness (QED) is 0.0401. The average molecular weight is 747 g/mol. The number of methoxy groups -OCH3 is 2. The molecule has 1 atom stereocenters. The van der Waals surface area contributed by atoms with Crippen molar-refractivity contribution in [2.45, 2.75) is 71.9 Å². The van der Waals surface area contributed by atoms with Crippen LogP contribution in [0.2, 0.25) is 0 Å². The van der Waals surface area contributed by atoms with Crippen LogP contribution in [0, 0.1) is 21.4 Å². The van der Waals surface area contributed by atoms with Crippen molar-refractivity contribution < 1.29 is 28.2 Å². The van der Waals surface area contributed by atoms with Crippen molar-refractivity contribution in [2.75, 3.05) is 52.0 Å². The molecule has 5 rings (SSSR count). The molecular formula is C37H47N8O7P. The molecule has 2 aliphatic heterocycles. The van der Waals surface area contributed by atoms with Crippen LogP contribution in [0.5, 0.6) is 17.2 Å². The topological polar surface area (TPSA) is 169 Å². The second-order valence-electron chi connectivity index (χ2n) is 13.0. The van der Waals surface area contributed by atoms with Crippen LogP contribution in [0.25, 0.3) is 0 Å². The first-order valence-electron chi connectivity index (χ1n) is 17.8. The maximum atomic E-state index is 11.0. The number of non-ortho nitro benzene ring substituents is 1. The minimum Gasteiger partial charge on any atom is -0.494 e. The van der Waals surface area contributed by atoms with Gasteiger partial charge in [0.1, 0.15) is 35.2 Å². The van der Waals surface area contributed by atoms with Crippen LogP contribution >= 0.6 is 8.53 Å². The van der Waals surface area contributed by atoms with E-state index in [0.717, 1.165) is 44.3 Å². The molecule has 15 nitrogen and oxygen atoms in total. The Morgan fingerprint density at radius 1 is 0.868 bits per heavy atom. The van der Waals surface area contributed by atoms with E-state index in [2.05, 4.69) is 64.7 Å². The Hall–Kier alpha value is -4.74. The van der Waals surface area contributed by atoms with E-state index in [1.165, 1.54) is 49.7 Å². The fraction of sp³-hybridized carbons (Fsp3) is 0.486. The van der Waals surface area contributed by atoms with E-state index in [9.17, 15) is 10.1 Å². The summed E-state index contributed by atoms with van der Waals surface area (Å²) in [5.41, 5.74) is 5.43. The second-order valence-corrected chi connectivity index (χ2v) is 14.5. The smallest absolute Gasteiger partial charge is 0.269 e. The highest BCUT2D eigenvalue weighted by molar-refractivity contribution is 7.44. The van der Waals surface area contributed by atoms with Gasteiger partial charge in [-0.2, -0.15) is 10.4 Å². The van der Waals surface area contributed by atoms with E-state index in [4.69, 9.17) is 33.6 Å². The zero-order chi connectivity index (χ0) is 37.9. The second kappa shape index (κ2) is 18.8. The number of benzene rings is 3. The van der Waals surface area contributed by atoms with Crippen molar-refractivity contribution in [3.63, 3.8) is 0 Å². The molecule has 16 heteroatoms. The highest BCUT2D eigenvalue weighted by atomic mass is 31.2. The number of rotatable bonds is 18. The first-order chi connectivity index (χ1) is 25.6. The molecule has 0 spiro atoms. The number of anilines is 1. The molecule has 3 aromatic carbocycles. The van der Waals surface area contributed by atoms with E-state index in [0.29, 0.717) is 46.6 Å². The van der Waals surface area contributed by atoms with Crippen LogP contribution in [0.15, 0.2) is 62.9 Å². The van der Waals surface area contributed by atoms with Gasteiger partial charge >= 0.3 is 0 Å². The summed E-state index contributed by atoms with van der Waals surface area (Å²) < 4.78 is 32.4. The summed E-state index contributed by atoms with van der Waals surface area (Å²) in [6.07, 6.45) is 4.17. The van der Waals surface area contributed by atoms with E-state index < -0.39 is 13.4 Å². The third-order valence-electron chi connectivity index (χ3n) is 8.73. The van der Waals surface area contributed by atoms with Crippen molar-refractivity contribution in [3.8, 4) is 23.3 Å². The average Bonchev–Trinajstić information content (AvgIpc) is 3.15. The van der Waals surface area contributed by atoms with Gasteiger partial charge < -0.3 is 28.2 Å². The molecule has 1 unspecified atom stereocenters. The van der Waals surface area contributed by atoms with Gasteiger partial charge in [0, 0.05) is 60.7 Å². The first-order valence-corrected chi connectivity index (χ1v) is 18.9. The molecule has 0 amide bonds. The number of nitro groups is 1. The summed E-state index contributed by atoms with van der Waals surface area (Å²) >= 11 is 0. The number of ether oxygens (including phenoxy) is 3. The molecule has 0 aliphatic carbocycles. The van der Waals surface area contributed by atoms with Crippen LogP contribution in [0.1, 0.15) is 58.1 Å². The zero-order valence-electron chi connectivity index (χ0n) is 31.1. The lowest BCUT2D eigenvalue weighted by Gasteiger charge is -2.38. The van der Waals surface area contributed by atoms with Gasteiger partial charge in [-0.15, -0.1) is 15.3 Å². The number of nitro benzene ring substituents is 1. The number of nitrogens with zero attached hydrogens (tertiary/aromatic N) is 8. The standard InChI is InChI=1S/C37H47N8O7P/c1-25(2)44(26(3)4)53(51-19-9-16-38)52-21-20-50-37-30-11-8-18-43-17-7-10-27(36(30)43)22-33(37)42-41-32-24-34(48-5)31(23-35(32)49-6)40-39-28-12-14-29(15-13-28)45(46)47/h12-15,22-26H,7-11,17-21H2,1-6H3/b40-39+,42-41+. The Morgan fingerprint density at radius 3 is 2.08 bits per heavy atom. The Labute approximate surface area is 311 Å². The maximum Gasteiger partial charge on any atom is 0.269 e. The molecule has 2 heterocycles. The lowest BCUT2D eigenvalue weighted by Crippen LogP contribution is -2.34. The van der Waals surface area contributed by atoms with Crippen molar-refractivity contribution >= 4 is 42.7 Å². The SMILES string of the molecule is COc1cc(/N=N/c2cc3c4c(c2OCCOP(OCCC#N)N(C(C)C)C(C)C)CCCN4CCC3)c(OC)cc1/N=N/c1ccc([N+](=O)[O-])cc1. The van der Waals surface area contributed by atoms with Crippen LogP contribution in [-0.4, -0.2) is 68.8 Å². The van der Waals surface area contributed by atoms with E-state index in [1.54, 1.807) is 12.1 Å². The van der Waals surface area contributed by atoms with Gasteiger partial charge in [0.25, 0.3) is 14.2 Å². The number of hydrogen-bond acceptors (Lipinski definition) is 14. The molecule has 0 saturated carbocycles. The minimum atomic E-state index is -1.40. The number of nitriles is 1. The van der Waals surface area contributed by atoms with Crippen molar-refractivity contribution in [3.05, 3.63) is 63.7 Å². The molecule has 0 fully saturated rings. The molecule has 282 valence electrons. The summed E-state index contributed by atoms with van der Waals surface area (Å²) in [6, 6.07) is 13.7. The number of hydrogen-bond donors (Lipinski definition) is 0. The van der Waals surface area contributed by atoms with Gasteiger partial charge in [0.2, 0.25) is 0 Å². The normalized spacial score (nSPS) is 14.6. The fourth-order valence-corrected chi connectivity index (χ4v) is 8.08. The molecular weight excluding hydrogens is 699 g/mol. The summed E-state index contributed by atoms with van der Waals surface area (Å²) in [5.74, 6) is 1.47. The Kier molecular flexibility index (Phi) is 14.0. The van der Waals surface area contributed by atoms with Crippen molar-refractivity contribution in [1.29, 1.82) is 5.26 Å². The molecule has 2 aliphatic rings. The molecule has 0 saturated heterocycles. The van der Waals surface area contributed by atoms with Gasteiger partial charge in [0.05, 0.1) is 50.5 Å². The van der Waals surface area contributed by atoms with Crippen molar-refractivity contribution in [1.82, 2.24) is 4.67 Å². The zero-order valence-corrected chi connectivity index (χ0v) is 32.0.